The van der Waals surface area contributed by atoms with Gasteiger partial charge in [-0.15, -0.1) is 0 Å². The van der Waals surface area contributed by atoms with Gasteiger partial charge in [0.05, 0.1) is 0 Å². The molecule has 1 aliphatic carbocycles. The van der Waals surface area contributed by atoms with Gasteiger partial charge in [0, 0.05) is 6.42 Å². The molecule has 2 rings (SSSR count). The van der Waals surface area contributed by atoms with Gasteiger partial charge in [0.25, 0.3) is 0 Å². The first-order valence-corrected chi connectivity index (χ1v) is 9.86. The molecule has 0 aliphatic heterocycles. The van der Waals surface area contributed by atoms with Crippen molar-refractivity contribution in [2.75, 3.05) is 0 Å². The maximum atomic E-state index is 12.4. The Bertz CT molecular complexity index is 550. The van der Waals surface area contributed by atoms with E-state index in [0.29, 0.717) is 12.2 Å². The maximum Gasteiger partial charge on any atom is 0.352 e. The summed E-state index contributed by atoms with van der Waals surface area (Å²) in [6.07, 6.45) is 13.3. The van der Waals surface area contributed by atoms with Crippen LogP contribution in [0.4, 0.5) is 0 Å². The van der Waals surface area contributed by atoms with E-state index in [-0.39, 0.29) is 0 Å². The predicted octanol–water partition coefficient (Wildman–Crippen LogP) is 6.14. The number of carboxylic acids is 1. The van der Waals surface area contributed by atoms with Crippen LogP contribution in [-0.2, 0) is 4.79 Å². The van der Waals surface area contributed by atoms with Gasteiger partial charge in [0.15, 0.2) is 0 Å². The van der Waals surface area contributed by atoms with Gasteiger partial charge in [0.1, 0.15) is 5.75 Å². The summed E-state index contributed by atoms with van der Waals surface area (Å²) in [6, 6.07) is 9.42. The number of hydrogen-bond acceptors (Lipinski definition) is 2. The quantitative estimate of drug-likeness (QED) is 0.432. The van der Waals surface area contributed by atoms with Crippen LogP contribution in [0, 0.1) is 0 Å². The zero-order valence-electron chi connectivity index (χ0n) is 15.5. The molecule has 1 N–H and O–H groups in total. The molecule has 0 heterocycles. The Morgan fingerprint density at radius 2 is 1.84 bits per heavy atom. The van der Waals surface area contributed by atoms with E-state index in [1.807, 2.05) is 30.3 Å². The molecule has 1 unspecified atom stereocenters. The second-order valence-electron chi connectivity index (χ2n) is 7.04. The monoisotopic (exact) mass is 344 g/mol. The summed E-state index contributed by atoms with van der Waals surface area (Å²) in [4.78, 5) is 12.4. The number of para-hydroxylation sites is 1. The fraction of sp³-hybridized carbons (Fsp3) is 0.591. The number of unbranched alkanes of at least 4 members (excludes halogenated alkanes) is 3. The van der Waals surface area contributed by atoms with Crippen molar-refractivity contribution in [2.45, 2.75) is 83.2 Å². The first-order valence-electron chi connectivity index (χ1n) is 9.86. The van der Waals surface area contributed by atoms with Crippen LogP contribution in [-0.4, -0.2) is 16.7 Å². The Labute approximate surface area is 152 Å². The second kappa shape index (κ2) is 10.3. The third kappa shape index (κ3) is 5.62. The van der Waals surface area contributed by atoms with Crippen molar-refractivity contribution in [2.24, 2.45) is 0 Å². The Hall–Kier alpha value is -1.77. The van der Waals surface area contributed by atoms with Crippen molar-refractivity contribution in [3.63, 3.8) is 0 Å². The van der Waals surface area contributed by atoms with E-state index in [2.05, 4.69) is 13.0 Å². The molecule has 0 amide bonds. The Balaban J connectivity index is 2.29. The topological polar surface area (TPSA) is 46.5 Å². The van der Waals surface area contributed by atoms with Gasteiger partial charge in [0.2, 0.25) is 5.60 Å². The molecule has 3 heteroatoms. The van der Waals surface area contributed by atoms with Crippen molar-refractivity contribution >= 4 is 5.97 Å². The minimum atomic E-state index is -1.22. The lowest BCUT2D eigenvalue weighted by molar-refractivity contribution is -0.152. The highest BCUT2D eigenvalue weighted by molar-refractivity contribution is 5.82. The molecule has 138 valence electrons. The van der Waals surface area contributed by atoms with E-state index in [1.165, 1.54) is 12.8 Å². The normalized spacial score (nSPS) is 17.7. The standard InChI is InChI=1S/C22H32O3/c1-2-3-4-13-18-22(21(23)24,25-20-16-11-8-12-17-20)19-14-9-6-5-7-10-15-19/h8,11-12,14,16-17H,2-7,9-10,13,15,18H2,1H3,(H,23,24). The van der Waals surface area contributed by atoms with Gasteiger partial charge in [-0.1, -0.05) is 63.3 Å². The van der Waals surface area contributed by atoms with Crippen LogP contribution < -0.4 is 4.74 Å². The Kier molecular flexibility index (Phi) is 8.03. The van der Waals surface area contributed by atoms with E-state index < -0.39 is 11.6 Å². The summed E-state index contributed by atoms with van der Waals surface area (Å²) in [5, 5.41) is 10.2. The van der Waals surface area contributed by atoms with Gasteiger partial charge >= 0.3 is 5.97 Å². The maximum absolute atomic E-state index is 12.4. The van der Waals surface area contributed by atoms with Crippen molar-refractivity contribution in [1.29, 1.82) is 0 Å². The lowest BCUT2D eigenvalue weighted by atomic mass is 9.82. The average Bonchev–Trinajstić information content (AvgIpc) is 2.58. The third-order valence-electron chi connectivity index (χ3n) is 5.07. The van der Waals surface area contributed by atoms with Gasteiger partial charge in [-0.2, -0.15) is 0 Å². The van der Waals surface area contributed by atoms with E-state index in [9.17, 15) is 9.90 Å². The smallest absolute Gasteiger partial charge is 0.352 e. The van der Waals surface area contributed by atoms with Crippen LogP contribution in [0.15, 0.2) is 42.0 Å². The number of benzene rings is 1. The van der Waals surface area contributed by atoms with Crippen LogP contribution in [0.3, 0.4) is 0 Å². The van der Waals surface area contributed by atoms with Crippen molar-refractivity contribution in [3.8, 4) is 5.75 Å². The van der Waals surface area contributed by atoms with E-state index in [0.717, 1.165) is 56.9 Å². The summed E-state index contributed by atoms with van der Waals surface area (Å²) >= 11 is 0. The molecule has 1 aromatic carbocycles. The third-order valence-corrected chi connectivity index (χ3v) is 5.07. The number of aliphatic carboxylic acids is 1. The van der Waals surface area contributed by atoms with Crippen LogP contribution in [0.2, 0.25) is 0 Å². The fourth-order valence-corrected chi connectivity index (χ4v) is 3.61. The molecule has 25 heavy (non-hydrogen) atoms. The molecular formula is C22H32O3. The highest BCUT2D eigenvalue weighted by Gasteiger charge is 2.44. The number of rotatable bonds is 9. The minimum absolute atomic E-state index is 0.545. The summed E-state index contributed by atoms with van der Waals surface area (Å²) < 4.78 is 6.21. The average molecular weight is 344 g/mol. The lowest BCUT2D eigenvalue weighted by Crippen LogP contribution is -2.46. The zero-order valence-corrected chi connectivity index (χ0v) is 15.5. The van der Waals surface area contributed by atoms with Gasteiger partial charge in [-0.3, -0.25) is 0 Å². The molecular weight excluding hydrogens is 312 g/mol. The lowest BCUT2D eigenvalue weighted by Gasteiger charge is -2.34. The first kappa shape index (κ1) is 19.6. The van der Waals surface area contributed by atoms with Crippen LogP contribution >= 0.6 is 0 Å². The molecule has 3 nitrogen and oxygen atoms in total. The first-order chi connectivity index (χ1) is 12.2. The largest absolute Gasteiger partial charge is 0.478 e. The van der Waals surface area contributed by atoms with E-state index in [1.54, 1.807) is 0 Å². The molecule has 1 aromatic rings. The minimum Gasteiger partial charge on any atom is -0.478 e. The molecule has 1 aliphatic rings. The summed E-state index contributed by atoms with van der Waals surface area (Å²) in [5.74, 6) is -0.206. The Morgan fingerprint density at radius 3 is 2.56 bits per heavy atom. The van der Waals surface area contributed by atoms with Gasteiger partial charge in [-0.25, -0.2) is 4.79 Å². The molecule has 0 bridgehead atoms. The molecule has 0 saturated carbocycles. The number of hydrogen-bond donors (Lipinski definition) is 1. The van der Waals surface area contributed by atoms with Gasteiger partial charge < -0.3 is 9.84 Å². The SMILES string of the molecule is CCCCCCC(Oc1ccccc1)(C(=O)O)C1=CCCCCCC1. The fourth-order valence-electron chi connectivity index (χ4n) is 3.61. The summed E-state index contributed by atoms with van der Waals surface area (Å²) in [5.41, 5.74) is -0.244. The molecule has 0 radical (unpaired) electrons. The van der Waals surface area contributed by atoms with E-state index >= 15 is 0 Å². The number of carbonyl (C=O) groups is 1. The molecule has 0 fully saturated rings. The molecule has 0 spiro atoms. The highest BCUT2D eigenvalue weighted by atomic mass is 16.5. The number of ether oxygens (including phenoxy) is 1. The molecule has 1 atom stereocenters. The number of allylic oxidation sites excluding steroid dienone is 1. The van der Waals surface area contributed by atoms with Crippen LogP contribution in [0.5, 0.6) is 5.75 Å². The Morgan fingerprint density at radius 1 is 1.08 bits per heavy atom. The zero-order chi connectivity index (χ0) is 18.0. The molecule has 0 saturated heterocycles. The summed E-state index contributed by atoms with van der Waals surface area (Å²) in [7, 11) is 0. The highest BCUT2D eigenvalue weighted by Crippen LogP contribution is 2.35. The molecule has 0 aromatic heterocycles. The predicted molar refractivity (Wildman–Crippen MR) is 102 cm³/mol. The van der Waals surface area contributed by atoms with Gasteiger partial charge in [-0.05, 0) is 49.8 Å². The van der Waals surface area contributed by atoms with Crippen molar-refractivity contribution < 1.29 is 14.6 Å². The summed E-state index contributed by atoms with van der Waals surface area (Å²) in [6.45, 7) is 2.17. The second-order valence-corrected chi connectivity index (χ2v) is 7.04. The van der Waals surface area contributed by atoms with Crippen molar-refractivity contribution in [3.05, 3.63) is 42.0 Å². The van der Waals surface area contributed by atoms with Crippen molar-refractivity contribution in [1.82, 2.24) is 0 Å². The number of carboxylic acid groups (broad SMARTS) is 1. The van der Waals surface area contributed by atoms with Crippen LogP contribution in [0.1, 0.15) is 77.6 Å². The van der Waals surface area contributed by atoms with Crippen LogP contribution in [0.25, 0.3) is 0 Å². The van der Waals surface area contributed by atoms with E-state index in [4.69, 9.17) is 4.74 Å².